The summed E-state index contributed by atoms with van der Waals surface area (Å²) in [7, 11) is 1.63. The highest BCUT2D eigenvalue weighted by Gasteiger charge is 2.21. The van der Waals surface area contributed by atoms with E-state index in [2.05, 4.69) is 15.0 Å². The Morgan fingerprint density at radius 3 is 2.37 bits per heavy atom. The predicted molar refractivity (Wildman–Crippen MR) is 98.9 cm³/mol. The van der Waals surface area contributed by atoms with Crippen molar-refractivity contribution in [2.75, 3.05) is 43.5 Å². The second-order valence-corrected chi connectivity index (χ2v) is 6.01. The summed E-state index contributed by atoms with van der Waals surface area (Å²) < 4.78 is 34.1. The lowest BCUT2D eigenvalue weighted by atomic mass is 10.2. The summed E-state index contributed by atoms with van der Waals surface area (Å²) in [4.78, 5) is 16.3. The molecule has 0 spiro atoms. The van der Waals surface area contributed by atoms with Crippen LogP contribution in [0.15, 0.2) is 48.5 Å². The number of ether oxygens (including phenoxy) is 2. The molecular weight excluding hydrogens is 356 g/mol. The number of rotatable bonds is 5. The third kappa shape index (κ3) is 4.99. The fourth-order valence-corrected chi connectivity index (χ4v) is 2.91. The monoisotopic (exact) mass is 377 g/mol. The molecule has 0 atom stereocenters. The first-order valence-electron chi connectivity index (χ1n) is 8.55. The Bertz CT molecular complexity index is 763. The third-order valence-corrected chi connectivity index (χ3v) is 4.31. The molecule has 3 rings (SSSR count). The topological polar surface area (TPSA) is 54.0 Å². The molecule has 1 saturated heterocycles. The number of carbonyl (C=O) groups is 1. The number of amides is 2. The molecule has 0 saturated carbocycles. The Labute approximate surface area is 156 Å². The zero-order valence-corrected chi connectivity index (χ0v) is 14.9. The van der Waals surface area contributed by atoms with Gasteiger partial charge in [-0.2, -0.15) is 8.78 Å². The lowest BCUT2D eigenvalue weighted by Gasteiger charge is -2.36. The molecule has 1 aliphatic heterocycles. The average molecular weight is 377 g/mol. The van der Waals surface area contributed by atoms with E-state index >= 15 is 0 Å². The van der Waals surface area contributed by atoms with Crippen molar-refractivity contribution in [2.24, 2.45) is 0 Å². The van der Waals surface area contributed by atoms with E-state index in [-0.39, 0.29) is 11.8 Å². The first-order valence-corrected chi connectivity index (χ1v) is 8.55. The Morgan fingerprint density at radius 2 is 1.74 bits per heavy atom. The Hall–Kier alpha value is -3.03. The molecule has 0 unspecified atom stereocenters. The molecule has 2 aromatic carbocycles. The number of carbonyl (C=O) groups excluding carboxylic acids is 1. The summed E-state index contributed by atoms with van der Waals surface area (Å²) in [6.07, 6.45) is 0. The maximum absolute atomic E-state index is 12.4. The summed E-state index contributed by atoms with van der Waals surface area (Å²) in [5.74, 6) is 0.807. The molecule has 0 bridgehead atoms. The van der Waals surface area contributed by atoms with Crippen LogP contribution in [0.2, 0.25) is 0 Å². The fourth-order valence-electron chi connectivity index (χ4n) is 2.91. The van der Waals surface area contributed by atoms with Crippen molar-refractivity contribution in [1.29, 1.82) is 0 Å². The van der Waals surface area contributed by atoms with Crippen LogP contribution in [0.3, 0.4) is 0 Å². The second-order valence-electron chi connectivity index (χ2n) is 6.01. The number of hydrogen-bond donors (Lipinski definition) is 1. The normalized spacial score (nSPS) is 14.2. The van der Waals surface area contributed by atoms with Crippen molar-refractivity contribution in [1.82, 2.24) is 4.90 Å². The molecule has 1 heterocycles. The highest BCUT2D eigenvalue weighted by Crippen LogP contribution is 2.22. The van der Waals surface area contributed by atoms with Crippen molar-refractivity contribution in [3.63, 3.8) is 0 Å². The van der Waals surface area contributed by atoms with Crippen LogP contribution in [0.4, 0.5) is 25.0 Å². The molecule has 2 amide bonds. The number of piperazine rings is 1. The van der Waals surface area contributed by atoms with Gasteiger partial charge in [-0.25, -0.2) is 4.79 Å². The molecule has 1 aliphatic rings. The maximum atomic E-state index is 12.4. The summed E-state index contributed by atoms with van der Waals surface area (Å²) in [5, 5.41) is 2.72. The van der Waals surface area contributed by atoms with Crippen molar-refractivity contribution in [3.05, 3.63) is 48.5 Å². The third-order valence-electron chi connectivity index (χ3n) is 4.31. The summed E-state index contributed by atoms with van der Waals surface area (Å²) in [5.41, 5.74) is 1.49. The number of nitrogens with zero attached hydrogens (tertiary/aromatic N) is 2. The van der Waals surface area contributed by atoms with Gasteiger partial charge in [0, 0.05) is 43.6 Å². The van der Waals surface area contributed by atoms with Gasteiger partial charge in [0.2, 0.25) is 0 Å². The van der Waals surface area contributed by atoms with Crippen molar-refractivity contribution < 1.29 is 23.0 Å². The number of nitrogens with one attached hydrogen (secondary N) is 1. The van der Waals surface area contributed by atoms with Crippen LogP contribution in [0.25, 0.3) is 0 Å². The molecule has 0 aliphatic carbocycles. The zero-order chi connectivity index (χ0) is 19.2. The highest BCUT2D eigenvalue weighted by molar-refractivity contribution is 5.89. The molecule has 2 aromatic rings. The van der Waals surface area contributed by atoms with Gasteiger partial charge in [0.15, 0.2) is 0 Å². The molecule has 8 heteroatoms. The average Bonchev–Trinajstić information content (AvgIpc) is 2.68. The first-order chi connectivity index (χ1) is 13.0. The minimum absolute atomic E-state index is 0.00660. The molecule has 6 nitrogen and oxygen atoms in total. The first kappa shape index (κ1) is 18.8. The van der Waals surface area contributed by atoms with Gasteiger partial charge in [-0.3, -0.25) is 0 Å². The van der Waals surface area contributed by atoms with Gasteiger partial charge in [-0.15, -0.1) is 0 Å². The van der Waals surface area contributed by atoms with E-state index < -0.39 is 6.61 Å². The van der Waals surface area contributed by atoms with Crippen molar-refractivity contribution in [3.8, 4) is 11.5 Å². The van der Waals surface area contributed by atoms with Gasteiger partial charge < -0.3 is 24.6 Å². The van der Waals surface area contributed by atoms with E-state index in [0.29, 0.717) is 31.9 Å². The van der Waals surface area contributed by atoms with E-state index in [1.54, 1.807) is 24.1 Å². The van der Waals surface area contributed by atoms with Crippen molar-refractivity contribution in [2.45, 2.75) is 6.61 Å². The molecule has 0 radical (unpaired) electrons. The smallest absolute Gasteiger partial charge is 0.387 e. The van der Waals surface area contributed by atoms with E-state index in [0.717, 1.165) is 11.4 Å². The number of methoxy groups -OCH3 is 1. The van der Waals surface area contributed by atoms with Crippen molar-refractivity contribution >= 4 is 17.4 Å². The van der Waals surface area contributed by atoms with Gasteiger partial charge >= 0.3 is 12.6 Å². The lowest BCUT2D eigenvalue weighted by Crippen LogP contribution is -2.50. The van der Waals surface area contributed by atoms with Gasteiger partial charge in [0.05, 0.1) is 7.11 Å². The van der Waals surface area contributed by atoms with Crippen LogP contribution >= 0.6 is 0 Å². The van der Waals surface area contributed by atoms with E-state index in [4.69, 9.17) is 4.74 Å². The number of benzene rings is 2. The maximum Gasteiger partial charge on any atom is 0.387 e. The Morgan fingerprint density at radius 1 is 1.04 bits per heavy atom. The van der Waals surface area contributed by atoms with Gasteiger partial charge in [0.25, 0.3) is 0 Å². The minimum atomic E-state index is -2.90. The molecular formula is C19H21F2N3O3. The molecule has 1 N–H and O–H groups in total. The van der Waals surface area contributed by atoms with Crippen LogP contribution < -0.4 is 19.7 Å². The summed E-state index contributed by atoms with van der Waals surface area (Å²) in [6, 6.07) is 13.5. The zero-order valence-electron chi connectivity index (χ0n) is 14.9. The quantitative estimate of drug-likeness (QED) is 0.864. The van der Waals surface area contributed by atoms with E-state index in [1.165, 1.54) is 12.1 Å². The van der Waals surface area contributed by atoms with E-state index in [1.807, 2.05) is 24.3 Å². The Balaban J connectivity index is 1.53. The number of anilines is 2. The molecule has 0 aromatic heterocycles. The largest absolute Gasteiger partial charge is 0.497 e. The standard InChI is InChI=1S/C19H21F2N3O3/c1-26-16-7-5-15(6-8-16)23-9-11-24(12-10-23)19(25)22-14-3-2-4-17(13-14)27-18(20)21/h2-8,13,18H,9-12H2,1H3,(H,22,25). The predicted octanol–water partition coefficient (Wildman–Crippen LogP) is 3.65. The minimum Gasteiger partial charge on any atom is -0.497 e. The highest BCUT2D eigenvalue weighted by atomic mass is 19.3. The van der Waals surface area contributed by atoms with Crippen LogP contribution in [0, 0.1) is 0 Å². The van der Waals surface area contributed by atoms with Gasteiger partial charge in [-0.05, 0) is 36.4 Å². The molecule has 1 fully saturated rings. The number of alkyl halides is 2. The van der Waals surface area contributed by atoms with Crippen LogP contribution in [-0.4, -0.2) is 50.8 Å². The Kier molecular flexibility index (Phi) is 5.95. The summed E-state index contributed by atoms with van der Waals surface area (Å²) in [6.45, 7) is -0.374. The summed E-state index contributed by atoms with van der Waals surface area (Å²) >= 11 is 0. The van der Waals surface area contributed by atoms with E-state index in [9.17, 15) is 13.6 Å². The number of hydrogen-bond acceptors (Lipinski definition) is 4. The second kappa shape index (κ2) is 8.57. The lowest BCUT2D eigenvalue weighted by molar-refractivity contribution is -0.0497. The fraction of sp³-hybridized carbons (Fsp3) is 0.316. The van der Waals surface area contributed by atoms with Crippen LogP contribution in [0.5, 0.6) is 11.5 Å². The van der Waals surface area contributed by atoms with Gasteiger partial charge in [0.1, 0.15) is 11.5 Å². The number of urea groups is 1. The molecule has 27 heavy (non-hydrogen) atoms. The van der Waals surface area contributed by atoms with Crippen LogP contribution in [-0.2, 0) is 0 Å². The molecule has 144 valence electrons. The van der Waals surface area contributed by atoms with Gasteiger partial charge in [-0.1, -0.05) is 6.07 Å². The SMILES string of the molecule is COc1ccc(N2CCN(C(=O)Nc3cccc(OC(F)F)c3)CC2)cc1. The van der Waals surface area contributed by atoms with Crippen LogP contribution in [0.1, 0.15) is 0 Å². The number of halogens is 2.